The molecule has 0 saturated carbocycles. The first-order valence-corrected chi connectivity index (χ1v) is 39.1. The smallest absolute Gasteiger partial charge is 0.220 e. The zero-order valence-electron chi connectivity index (χ0n) is 58.1. The molecule has 7 unspecified atom stereocenters. The van der Waals surface area contributed by atoms with Gasteiger partial charge in [0.25, 0.3) is 0 Å². The van der Waals surface area contributed by atoms with E-state index in [1.165, 1.54) is 353 Å². The molecule has 0 aromatic carbocycles. The molecule has 1 aliphatic heterocycles. The van der Waals surface area contributed by atoms with Crippen molar-refractivity contribution in [2.75, 3.05) is 13.2 Å². The number of unbranched alkanes of at least 4 members (excludes halogenated alkanes) is 58. The molecule has 0 bridgehead atoms. The lowest BCUT2D eigenvalue weighted by atomic mass is 9.99. The SMILES string of the molecule is CCCCCCCCCCCCCCCCCCCC/C=C\CCCCCCCCCCCCCCCCCCCC(=O)NC(COC1OC(CO)C(O)C(O)C1O)C(O)/C=C/CCCCCCCCCCCCCCCCCCCCCCCCC. The molecule has 7 atom stereocenters. The molecule has 0 aromatic heterocycles. The largest absolute Gasteiger partial charge is 0.394 e. The van der Waals surface area contributed by atoms with Gasteiger partial charge in [-0.1, -0.05) is 385 Å². The number of hydrogen-bond donors (Lipinski definition) is 6. The first kappa shape index (κ1) is 83.7. The molecule has 1 fully saturated rings. The second-order valence-electron chi connectivity index (χ2n) is 27.5. The summed E-state index contributed by atoms with van der Waals surface area (Å²) in [6.07, 6.45) is 83.3. The Balaban J connectivity index is 2.05. The minimum absolute atomic E-state index is 0.168. The lowest BCUT2D eigenvalue weighted by molar-refractivity contribution is -0.302. The zero-order chi connectivity index (χ0) is 62.8. The van der Waals surface area contributed by atoms with E-state index in [1.807, 2.05) is 6.08 Å². The summed E-state index contributed by atoms with van der Waals surface area (Å²) in [6, 6.07) is -0.804. The van der Waals surface area contributed by atoms with Crippen LogP contribution in [0.2, 0.25) is 0 Å². The summed E-state index contributed by atoms with van der Waals surface area (Å²) >= 11 is 0. The molecule has 87 heavy (non-hydrogen) atoms. The van der Waals surface area contributed by atoms with Crippen LogP contribution in [0.25, 0.3) is 0 Å². The Morgan fingerprint density at radius 3 is 0.931 bits per heavy atom. The van der Waals surface area contributed by atoms with Gasteiger partial charge in [-0.25, -0.2) is 0 Å². The lowest BCUT2D eigenvalue weighted by Gasteiger charge is -2.40. The van der Waals surface area contributed by atoms with Gasteiger partial charge in [0.1, 0.15) is 24.4 Å². The van der Waals surface area contributed by atoms with Crippen molar-refractivity contribution in [1.82, 2.24) is 5.32 Å². The van der Waals surface area contributed by atoms with Crippen LogP contribution in [0.3, 0.4) is 0 Å². The summed E-state index contributed by atoms with van der Waals surface area (Å²) < 4.78 is 11.3. The van der Waals surface area contributed by atoms with E-state index < -0.39 is 49.5 Å². The third-order valence-corrected chi connectivity index (χ3v) is 19.0. The molecular weight excluding hydrogens is 1080 g/mol. The number of carbonyl (C=O) groups excluding carboxylic acids is 1. The second-order valence-corrected chi connectivity index (χ2v) is 27.5. The van der Waals surface area contributed by atoms with E-state index in [4.69, 9.17) is 9.47 Å². The Bertz CT molecular complexity index is 1430. The van der Waals surface area contributed by atoms with Crippen molar-refractivity contribution in [3.63, 3.8) is 0 Å². The average Bonchev–Trinajstić information content (AvgIpc) is 3.38. The zero-order valence-corrected chi connectivity index (χ0v) is 58.1. The molecular formula is C78H151NO8. The van der Waals surface area contributed by atoms with Crippen LogP contribution in [-0.4, -0.2) is 87.5 Å². The maximum Gasteiger partial charge on any atom is 0.220 e. The van der Waals surface area contributed by atoms with Crippen LogP contribution in [0.15, 0.2) is 24.3 Å². The number of aliphatic hydroxyl groups is 5. The highest BCUT2D eigenvalue weighted by Gasteiger charge is 2.44. The Morgan fingerprint density at radius 2 is 0.644 bits per heavy atom. The van der Waals surface area contributed by atoms with E-state index in [2.05, 4.69) is 31.3 Å². The molecule has 0 spiro atoms. The molecule has 1 heterocycles. The van der Waals surface area contributed by atoms with Gasteiger partial charge < -0.3 is 40.3 Å². The molecule has 1 saturated heterocycles. The van der Waals surface area contributed by atoms with Gasteiger partial charge in [-0.15, -0.1) is 0 Å². The molecule has 0 radical (unpaired) electrons. The highest BCUT2D eigenvalue weighted by atomic mass is 16.7. The van der Waals surface area contributed by atoms with Gasteiger partial charge in [-0.2, -0.15) is 0 Å². The van der Waals surface area contributed by atoms with Crippen molar-refractivity contribution in [3.8, 4) is 0 Å². The van der Waals surface area contributed by atoms with Crippen molar-refractivity contribution in [1.29, 1.82) is 0 Å². The summed E-state index contributed by atoms with van der Waals surface area (Å²) in [5.74, 6) is -0.168. The highest BCUT2D eigenvalue weighted by molar-refractivity contribution is 5.76. The number of aliphatic hydroxyl groups excluding tert-OH is 5. The van der Waals surface area contributed by atoms with Crippen LogP contribution in [0.5, 0.6) is 0 Å². The molecule has 0 aliphatic carbocycles. The van der Waals surface area contributed by atoms with Crippen molar-refractivity contribution in [2.24, 2.45) is 0 Å². The van der Waals surface area contributed by atoms with Crippen LogP contribution >= 0.6 is 0 Å². The van der Waals surface area contributed by atoms with Crippen LogP contribution in [0.1, 0.15) is 412 Å². The molecule has 9 heteroatoms. The Labute approximate surface area is 540 Å². The van der Waals surface area contributed by atoms with Gasteiger partial charge in [0, 0.05) is 6.42 Å². The number of carbonyl (C=O) groups is 1. The van der Waals surface area contributed by atoms with E-state index in [1.54, 1.807) is 6.08 Å². The molecule has 0 aromatic rings. The Kier molecular flexibility index (Phi) is 65.0. The second kappa shape index (κ2) is 67.6. The van der Waals surface area contributed by atoms with Crippen LogP contribution in [-0.2, 0) is 14.3 Å². The maximum atomic E-state index is 13.2. The first-order valence-electron chi connectivity index (χ1n) is 39.1. The fourth-order valence-corrected chi connectivity index (χ4v) is 12.9. The fraction of sp³-hybridized carbons (Fsp3) is 0.936. The Morgan fingerprint density at radius 1 is 0.379 bits per heavy atom. The standard InChI is InChI=1S/C78H151NO8/c1-3-5-7-9-11-13-15-17-19-21-23-25-27-29-30-31-32-33-34-35-36-37-38-39-40-41-42-44-46-48-50-52-54-56-58-60-62-64-66-68-74(82)79-71(70-86-78-77(85)76(84)75(83)73(69-80)87-78)72(81)67-65-63-61-59-57-55-53-51-49-47-45-43-28-26-24-22-20-18-16-14-12-10-8-6-4-2/h35-36,65,67,71-73,75-78,80-81,83-85H,3-34,37-64,66,68-70H2,1-2H3,(H,79,82)/b36-35-,67-65+. The minimum Gasteiger partial charge on any atom is -0.394 e. The van der Waals surface area contributed by atoms with Crippen molar-refractivity contribution in [3.05, 3.63) is 24.3 Å². The maximum absolute atomic E-state index is 13.2. The summed E-state index contributed by atoms with van der Waals surface area (Å²) in [4.78, 5) is 13.2. The molecule has 516 valence electrons. The van der Waals surface area contributed by atoms with Gasteiger partial charge >= 0.3 is 0 Å². The van der Waals surface area contributed by atoms with E-state index in [-0.39, 0.29) is 12.5 Å². The van der Waals surface area contributed by atoms with Gasteiger partial charge in [-0.05, 0) is 44.9 Å². The van der Waals surface area contributed by atoms with Crippen molar-refractivity contribution >= 4 is 5.91 Å². The van der Waals surface area contributed by atoms with E-state index >= 15 is 0 Å². The van der Waals surface area contributed by atoms with Crippen LogP contribution in [0.4, 0.5) is 0 Å². The highest BCUT2D eigenvalue weighted by Crippen LogP contribution is 2.24. The summed E-state index contributed by atoms with van der Waals surface area (Å²) in [6.45, 7) is 3.85. The molecule has 1 amide bonds. The quantitative estimate of drug-likeness (QED) is 0.0261. The van der Waals surface area contributed by atoms with Crippen molar-refractivity contribution < 1.29 is 39.8 Å². The van der Waals surface area contributed by atoms with Crippen LogP contribution in [0, 0.1) is 0 Å². The third kappa shape index (κ3) is 56.0. The number of amides is 1. The number of hydrogen-bond acceptors (Lipinski definition) is 8. The summed E-state index contributed by atoms with van der Waals surface area (Å²) in [5, 5.41) is 54.9. The number of allylic oxidation sites excluding steroid dienone is 3. The van der Waals surface area contributed by atoms with Gasteiger partial charge in [0.05, 0.1) is 25.4 Å². The topological polar surface area (TPSA) is 149 Å². The fourth-order valence-electron chi connectivity index (χ4n) is 12.9. The third-order valence-electron chi connectivity index (χ3n) is 19.0. The number of rotatable bonds is 70. The average molecular weight is 1230 g/mol. The Hall–Kier alpha value is -1.33. The van der Waals surface area contributed by atoms with Crippen molar-refractivity contribution in [2.45, 2.75) is 455 Å². The first-order chi connectivity index (χ1) is 42.8. The summed E-state index contributed by atoms with van der Waals surface area (Å²) in [7, 11) is 0. The predicted octanol–water partition coefficient (Wildman–Crippen LogP) is 22.0. The van der Waals surface area contributed by atoms with Gasteiger partial charge in [0.15, 0.2) is 6.29 Å². The normalized spacial score (nSPS) is 18.0. The van der Waals surface area contributed by atoms with Crippen LogP contribution < -0.4 is 5.32 Å². The van der Waals surface area contributed by atoms with Gasteiger partial charge in [-0.3, -0.25) is 4.79 Å². The predicted molar refractivity (Wildman–Crippen MR) is 374 cm³/mol. The van der Waals surface area contributed by atoms with E-state index in [9.17, 15) is 30.3 Å². The molecule has 1 aliphatic rings. The lowest BCUT2D eigenvalue weighted by Crippen LogP contribution is -2.60. The van der Waals surface area contributed by atoms with Gasteiger partial charge in [0.2, 0.25) is 5.91 Å². The minimum atomic E-state index is -1.57. The van der Waals surface area contributed by atoms with E-state index in [0.717, 1.165) is 38.5 Å². The molecule has 6 N–H and O–H groups in total. The van der Waals surface area contributed by atoms with E-state index in [0.29, 0.717) is 6.42 Å². The number of ether oxygens (including phenoxy) is 2. The monoisotopic (exact) mass is 1230 g/mol. The summed E-state index contributed by atoms with van der Waals surface area (Å²) in [5.41, 5.74) is 0. The number of nitrogens with one attached hydrogen (secondary N) is 1. The molecule has 1 rings (SSSR count). The molecule has 9 nitrogen and oxygen atoms in total.